The maximum absolute atomic E-state index is 9.03. The molecule has 0 aromatic heterocycles. The third-order valence-electron chi connectivity index (χ3n) is 2.23. The Labute approximate surface area is 73.9 Å². The van der Waals surface area contributed by atoms with E-state index in [4.69, 9.17) is 16.3 Å². The molecular formula is C10H16O2. The van der Waals surface area contributed by atoms with Crippen LogP contribution >= 0.6 is 0 Å². The van der Waals surface area contributed by atoms with Crippen molar-refractivity contribution in [2.24, 2.45) is 0 Å². The minimum Gasteiger partial charge on any atom is -0.378 e. The molecule has 0 amide bonds. The summed E-state index contributed by atoms with van der Waals surface area (Å²) >= 11 is 0. The lowest BCUT2D eigenvalue weighted by Crippen LogP contribution is -2.22. The van der Waals surface area contributed by atoms with Crippen LogP contribution in [0.1, 0.15) is 32.1 Å². The lowest BCUT2D eigenvalue weighted by atomic mass is 9.98. The minimum absolute atomic E-state index is 0.293. The molecule has 0 unspecified atom stereocenters. The van der Waals surface area contributed by atoms with Crippen LogP contribution in [0.15, 0.2) is 0 Å². The van der Waals surface area contributed by atoms with E-state index < -0.39 is 6.10 Å². The molecule has 1 aliphatic carbocycles. The number of rotatable bonds is 3. The lowest BCUT2D eigenvalue weighted by molar-refractivity contribution is -0.00750. The van der Waals surface area contributed by atoms with E-state index in [0.29, 0.717) is 12.7 Å². The predicted molar refractivity (Wildman–Crippen MR) is 47.7 cm³/mol. The van der Waals surface area contributed by atoms with Crippen LogP contribution in [-0.2, 0) is 4.74 Å². The van der Waals surface area contributed by atoms with Crippen molar-refractivity contribution in [3.05, 3.63) is 0 Å². The molecule has 1 atom stereocenters. The molecule has 1 rings (SSSR count). The zero-order chi connectivity index (χ0) is 8.81. The summed E-state index contributed by atoms with van der Waals surface area (Å²) in [5, 5.41) is 9.03. The van der Waals surface area contributed by atoms with Crippen LogP contribution in [0.3, 0.4) is 0 Å². The molecule has 0 aliphatic heterocycles. The molecule has 0 radical (unpaired) electrons. The summed E-state index contributed by atoms with van der Waals surface area (Å²) in [5.74, 6) is 2.24. The van der Waals surface area contributed by atoms with Gasteiger partial charge in [0.15, 0.2) is 0 Å². The average Bonchev–Trinajstić information content (AvgIpc) is 2.16. The first-order valence-electron chi connectivity index (χ1n) is 4.58. The fourth-order valence-corrected chi connectivity index (χ4v) is 1.51. The van der Waals surface area contributed by atoms with Gasteiger partial charge in [-0.05, 0) is 12.8 Å². The van der Waals surface area contributed by atoms with E-state index in [9.17, 15) is 0 Å². The first-order chi connectivity index (χ1) is 5.83. The third-order valence-corrected chi connectivity index (χ3v) is 2.23. The molecule has 12 heavy (non-hydrogen) atoms. The van der Waals surface area contributed by atoms with Crippen LogP contribution in [0.2, 0.25) is 0 Å². The zero-order valence-electron chi connectivity index (χ0n) is 7.33. The lowest BCUT2D eigenvalue weighted by Gasteiger charge is -2.22. The maximum Gasteiger partial charge on any atom is 0.137 e. The van der Waals surface area contributed by atoms with Gasteiger partial charge in [-0.1, -0.05) is 25.2 Å². The molecule has 0 aromatic carbocycles. The number of hydrogen-bond acceptors (Lipinski definition) is 2. The van der Waals surface area contributed by atoms with Crippen molar-refractivity contribution in [1.82, 2.24) is 0 Å². The second-order valence-electron chi connectivity index (χ2n) is 3.28. The Morgan fingerprint density at radius 3 is 2.67 bits per heavy atom. The highest BCUT2D eigenvalue weighted by atomic mass is 16.5. The van der Waals surface area contributed by atoms with Crippen LogP contribution in [0.25, 0.3) is 0 Å². The highest BCUT2D eigenvalue weighted by molar-refractivity contribution is 4.93. The monoisotopic (exact) mass is 168 g/mol. The van der Waals surface area contributed by atoms with E-state index in [1.54, 1.807) is 0 Å². The minimum atomic E-state index is -0.730. The Morgan fingerprint density at radius 2 is 2.08 bits per heavy atom. The third kappa shape index (κ3) is 3.25. The van der Waals surface area contributed by atoms with Gasteiger partial charge in [0.2, 0.25) is 0 Å². The summed E-state index contributed by atoms with van der Waals surface area (Å²) in [7, 11) is 0. The summed E-state index contributed by atoms with van der Waals surface area (Å²) in [6.07, 6.45) is 10.7. The molecule has 0 spiro atoms. The van der Waals surface area contributed by atoms with Crippen molar-refractivity contribution in [1.29, 1.82) is 0 Å². The fraction of sp³-hybridized carbons (Fsp3) is 0.800. The molecule has 0 saturated heterocycles. The Morgan fingerprint density at radius 1 is 1.42 bits per heavy atom. The van der Waals surface area contributed by atoms with Crippen LogP contribution in [0, 0.1) is 12.3 Å². The Hall–Kier alpha value is -0.520. The van der Waals surface area contributed by atoms with E-state index >= 15 is 0 Å². The van der Waals surface area contributed by atoms with Gasteiger partial charge in [-0.2, -0.15) is 0 Å². The van der Waals surface area contributed by atoms with Crippen molar-refractivity contribution in [2.75, 3.05) is 6.61 Å². The molecular weight excluding hydrogens is 152 g/mol. The normalized spacial score (nSPS) is 21.7. The van der Waals surface area contributed by atoms with E-state index in [2.05, 4.69) is 5.92 Å². The molecule has 1 N–H and O–H groups in total. The van der Waals surface area contributed by atoms with Gasteiger partial charge < -0.3 is 9.84 Å². The molecule has 1 saturated carbocycles. The van der Waals surface area contributed by atoms with Crippen LogP contribution in [-0.4, -0.2) is 23.9 Å². The molecule has 2 nitrogen and oxygen atoms in total. The van der Waals surface area contributed by atoms with E-state index in [1.165, 1.54) is 19.3 Å². The summed E-state index contributed by atoms with van der Waals surface area (Å²) in [5.41, 5.74) is 0. The standard InChI is InChI=1S/C10H16O2/c1-2-9(11)8-12-10-6-4-3-5-7-10/h1,9-11H,3-8H2/t9-/m1/s1. The molecule has 0 aromatic rings. The summed E-state index contributed by atoms with van der Waals surface area (Å²) < 4.78 is 5.44. The topological polar surface area (TPSA) is 29.5 Å². The Kier molecular flexibility index (Phi) is 4.13. The number of terminal acetylenes is 1. The Balaban J connectivity index is 2.10. The molecule has 2 heteroatoms. The number of hydrogen-bond donors (Lipinski definition) is 1. The van der Waals surface area contributed by atoms with Crippen LogP contribution in [0.4, 0.5) is 0 Å². The van der Waals surface area contributed by atoms with E-state index in [-0.39, 0.29) is 0 Å². The molecule has 0 heterocycles. The predicted octanol–water partition coefficient (Wildman–Crippen LogP) is 1.33. The van der Waals surface area contributed by atoms with E-state index in [1.807, 2.05) is 0 Å². The van der Waals surface area contributed by atoms with Crippen molar-refractivity contribution in [3.63, 3.8) is 0 Å². The number of ether oxygens (including phenoxy) is 1. The summed E-state index contributed by atoms with van der Waals surface area (Å²) in [6, 6.07) is 0. The van der Waals surface area contributed by atoms with Gasteiger partial charge >= 0.3 is 0 Å². The summed E-state index contributed by atoms with van der Waals surface area (Å²) in [4.78, 5) is 0. The molecule has 1 fully saturated rings. The largest absolute Gasteiger partial charge is 0.378 e. The van der Waals surface area contributed by atoms with Crippen molar-refractivity contribution in [2.45, 2.75) is 44.3 Å². The first kappa shape index (κ1) is 9.57. The average molecular weight is 168 g/mol. The second-order valence-corrected chi connectivity index (χ2v) is 3.28. The first-order valence-corrected chi connectivity index (χ1v) is 4.58. The van der Waals surface area contributed by atoms with E-state index in [0.717, 1.165) is 12.8 Å². The SMILES string of the molecule is C#C[C@@H](O)COC1CCCCC1. The van der Waals surface area contributed by atoms with Crippen molar-refractivity contribution < 1.29 is 9.84 Å². The summed E-state index contributed by atoms with van der Waals surface area (Å²) in [6.45, 7) is 0.293. The van der Waals surface area contributed by atoms with Crippen molar-refractivity contribution in [3.8, 4) is 12.3 Å². The Bertz CT molecular complexity index is 154. The van der Waals surface area contributed by atoms with Crippen molar-refractivity contribution >= 4 is 0 Å². The van der Waals surface area contributed by atoms with Gasteiger partial charge in [0.25, 0.3) is 0 Å². The zero-order valence-corrected chi connectivity index (χ0v) is 7.33. The van der Waals surface area contributed by atoms with Gasteiger partial charge in [0, 0.05) is 0 Å². The number of aliphatic hydroxyl groups excluding tert-OH is 1. The second kappa shape index (κ2) is 5.18. The number of aliphatic hydroxyl groups is 1. The van der Waals surface area contributed by atoms with Gasteiger partial charge in [-0.15, -0.1) is 6.42 Å². The smallest absolute Gasteiger partial charge is 0.137 e. The molecule has 1 aliphatic rings. The quantitative estimate of drug-likeness (QED) is 0.644. The van der Waals surface area contributed by atoms with Gasteiger partial charge in [0.1, 0.15) is 6.10 Å². The maximum atomic E-state index is 9.03. The molecule has 0 bridgehead atoms. The van der Waals surface area contributed by atoms with Crippen LogP contribution in [0.5, 0.6) is 0 Å². The fourth-order valence-electron chi connectivity index (χ4n) is 1.51. The van der Waals surface area contributed by atoms with Crippen LogP contribution < -0.4 is 0 Å². The van der Waals surface area contributed by atoms with Gasteiger partial charge in [0.05, 0.1) is 12.7 Å². The highest BCUT2D eigenvalue weighted by Crippen LogP contribution is 2.20. The highest BCUT2D eigenvalue weighted by Gasteiger charge is 2.14. The van der Waals surface area contributed by atoms with Gasteiger partial charge in [-0.3, -0.25) is 0 Å². The molecule has 68 valence electrons. The van der Waals surface area contributed by atoms with Gasteiger partial charge in [-0.25, -0.2) is 0 Å².